The molecule has 2 aliphatic rings. The molecule has 3 rings (SSSR count). The Labute approximate surface area is 150 Å². The fraction of sp³-hybridized carbons (Fsp3) is 0.684. The highest BCUT2D eigenvalue weighted by Crippen LogP contribution is 2.22. The molecule has 2 saturated heterocycles. The summed E-state index contributed by atoms with van der Waals surface area (Å²) in [6.07, 6.45) is 2.89. The lowest BCUT2D eigenvalue weighted by Crippen LogP contribution is -2.55. The van der Waals surface area contributed by atoms with Gasteiger partial charge in [-0.05, 0) is 32.4 Å². The second kappa shape index (κ2) is 8.15. The van der Waals surface area contributed by atoms with E-state index in [0.717, 1.165) is 37.4 Å². The van der Waals surface area contributed by atoms with Gasteiger partial charge in [0.2, 0.25) is 0 Å². The monoisotopic (exact) mass is 346 g/mol. The minimum atomic E-state index is 0.0832. The number of pyridine rings is 1. The molecule has 3 heterocycles. The SMILES string of the molecule is CC[C@H]1CN(c2cc(C(=O)N3CCOCC3)ccn2)CCN1C(C)C. The van der Waals surface area contributed by atoms with E-state index in [0.29, 0.717) is 38.4 Å². The van der Waals surface area contributed by atoms with Crippen molar-refractivity contribution in [1.29, 1.82) is 0 Å². The summed E-state index contributed by atoms with van der Waals surface area (Å²) in [7, 11) is 0. The number of hydrogen-bond acceptors (Lipinski definition) is 5. The number of ether oxygens (including phenoxy) is 1. The zero-order valence-corrected chi connectivity index (χ0v) is 15.6. The average Bonchev–Trinajstić information content (AvgIpc) is 2.67. The zero-order chi connectivity index (χ0) is 17.8. The molecule has 1 atom stereocenters. The van der Waals surface area contributed by atoms with Crippen LogP contribution in [0.25, 0.3) is 0 Å². The molecular weight excluding hydrogens is 316 g/mol. The summed E-state index contributed by atoms with van der Waals surface area (Å²) >= 11 is 0. The number of amides is 1. The number of rotatable bonds is 4. The Morgan fingerprint density at radius 2 is 2.04 bits per heavy atom. The summed E-state index contributed by atoms with van der Waals surface area (Å²) in [5, 5.41) is 0. The van der Waals surface area contributed by atoms with Gasteiger partial charge in [0.1, 0.15) is 5.82 Å². The molecule has 138 valence electrons. The summed E-state index contributed by atoms with van der Waals surface area (Å²) in [6, 6.07) is 4.88. The molecule has 0 radical (unpaired) electrons. The molecular formula is C19H30N4O2. The summed E-state index contributed by atoms with van der Waals surface area (Å²) in [5.74, 6) is 1.00. The number of anilines is 1. The van der Waals surface area contributed by atoms with E-state index < -0.39 is 0 Å². The molecule has 0 saturated carbocycles. The van der Waals surface area contributed by atoms with Crippen LogP contribution in [0.1, 0.15) is 37.6 Å². The minimum absolute atomic E-state index is 0.0832. The van der Waals surface area contributed by atoms with E-state index in [1.165, 1.54) is 0 Å². The standard InChI is InChI=1S/C19H30N4O2/c1-4-17-14-22(7-8-23(17)15(2)3)18-13-16(5-6-20-18)19(24)21-9-11-25-12-10-21/h5-6,13,15,17H,4,7-12,14H2,1-3H3/t17-/m0/s1. The van der Waals surface area contributed by atoms with Crippen LogP contribution in [-0.4, -0.2) is 78.7 Å². The molecule has 2 aliphatic heterocycles. The van der Waals surface area contributed by atoms with Crippen LogP contribution in [0.15, 0.2) is 18.3 Å². The van der Waals surface area contributed by atoms with Gasteiger partial charge in [0.05, 0.1) is 13.2 Å². The maximum atomic E-state index is 12.7. The van der Waals surface area contributed by atoms with Crippen molar-refractivity contribution in [2.24, 2.45) is 0 Å². The molecule has 1 aromatic rings. The molecule has 2 fully saturated rings. The van der Waals surface area contributed by atoms with Gasteiger partial charge in [-0.15, -0.1) is 0 Å². The zero-order valence-electron chi connectivity index (χ0n) is 15.6. The molecule has 1 aromatic heterocycles. The van der Waals surface area contributed by atoms with E-state index in [1.54, 1.807) is 6.20 Å². The highest BCUT2D eigenvalue weighted by molar-refractivity contribution is 5.94. The number of piperazine rings is 1. The van der Waals surface area contributed by atoms with Crippen LogP contribution < -0.4 is 4.90 Å². The fourth-order valence-electron chi connectivity index (χ4n) is 3.79. The number of aromatic nitrogens is 1. The molecule has 6 nitrogen and oxygen atoms in total. The molecule has 0 unspecified atom stereocenters. The van der Waals surface area contributed by atoms with Crippen LogP contribution in [0.2, 0.25) is 0 Å². The second-order valence-electron chi connectivity index (χ2n) is 7.15. The number of hydrogen-bond donors (Lipinski definition) is 0. The van der Waals surface area contributed by atoms with Crippen LogP contribution in [0.4, 0.5) is 5.82 Å². The van der Waals surface area contributed by atoms with E-state index in [4.69, 9.17) is 4.74 Å². The van der Waals surface area contributed by atoms with Gasteiger partial charge in [-0.2, -0.15) is 0 Å². The summed E-state index contributed by atoms with van der Waals surface area (Å²) < 4.78 is 5.34. The molecule has 25 heavy (non-hydrogen) atoms. The van der Waals surface area contributed by atoms with Gasteiger partial charge in [-0.1, -0.05) is 6.92 Å². The van der Waals surface area contributed by atoms with E-state index >= 15 is 0 Å². The van der Waals surface area contributed by atoms with Crippen molar-refractivity contribution in [2.45, 2.75) is 39.3 Å². The highest BCUT2D eigenvalue weighted by atomic mass is 16.5. The topological polar surface area (TPSA) is 48.9 Å². The predicted octanol–water partition coefficient (Wildman–Crippen LogP) is 1.86. The average molecular weight is 346 g/mol. The first-order valence-corrected chi connectivity index (χ1v) is 9.44. The van der Waals surface area contributed by atoms with Gasteiger partial charge in [0.25, 0.3) is 5.91 Å². The quantitative estimate of drug-likeness (QED) is 0.833. The maximum absolute atomic E-state index is 12.7. The molecule has 0 N–H and O–H groups in total. The van der Waals surface area contributed by atoms with Crippen molar-refractivity contribution in [3.8, 4) is 0 Å². The van der Waals surface area contributed by atoms with Crippen LogP contribution in [0.5, 0.6) is 0 Å². The fourth-order valence-corrected chi connectivity index (χ4v) is 3.79. The maximum Gasteiger partial charge on any atom is 0.254 e. The van der Waals surface area contributed by atoms with Crippen molar-refractivity contribution in [2.75, 3.05) is 50.8 Å². The number of morpholine rings is 1. The van der Waals surface area contributed by atoms with Gasteiger partial charge in [0.15, 0.2) is 0 Å². The Balaban J connectivity index is 1.72. The number of nitrogens with zero attached hydrogens (tertiary/aromatic N) is 4. The summed E-state index contributed by atoms with van der Waals surface area (Å²) in [5.41, 5.74) is 0.728. The lowest BCUT2D eigenvalue weighted by molar-refractivity contribution is 0.0303. The van der Waals surface area contributed by atoms with Gasteiger partial charge < -0.3 is 14.5 Å². The van der Waals surface area contributed by atoms with Crippen LogP contribution >= 0.6 is 0 Å². The Morgan fingerprint density at radius 1 is 1.28 bits per heavy atom. The molecule has 0 aliphatic carbocycles. The van der Waals surface area contributed by atoms with E-state index in [-0.39, 0.29) is 5.91 Å². The molecule has 0 aromatic carbocycles. The predicted molar refractivity (Wildman–Crippen MR) is 99.1 cm³/mol. The van der Waals surface area contributed by atoms with E-state index in [2.05, 4.69) is 35.6 Å². The van der Waals surface area contributed by atoms with E-state index in [9.17, 15) is 4.79 Å². The third kappa shape index (κ3) is 4.12. The van der Waals surface area contributed by atoms with Crippen molar-refractivity contribution in [3.05, 3.63) is 23.9 Å². The van der Waals surface area contributed by atoms with Crippen molar-refractivity contribution >= 4 is 11.7 Å². The lowest BCUT2D eigenvalue weighted by Gasteiger charge is -2.43. The van der Waals surface area contributed by atoms with Crippen molar-refractivity contribution < 1.29 is 9.53 Å². The highest BCUT2D eigenvalue weighted by Gasteiger charge is 2.28. The Morgan fingerprint density at radius 3 is 2.72 bits per heavy atom. The molecule has 6 heteroatoms. The third-order valence-corrected chi connectivity index (χ3v) is 5.28. The molecule has 1 amide bonds. The summed E-state index contributed by atoms with van der Waals surface area (Å²) in [6.45, 7) is 12.3. The smallest absolute Gasteiger partial charge is 0.254 e. The Kier molecular flexibility index (Phi) is 5.91. The minimum Gasteiger partial charge on any atom is -0.378 e. The van der Waals surface area contributed by atoms with Gasteiger partial charge >= 0.3 is 0 Å². The van der Waals surface area contributed by atoms with Crippen LogP contribution in [0.3, 0.4) is 0 Å². The van der Waals surface area contributed by atoms with Gasteiger partial charge in [-0.25, -0.2) is 4.98 Å². The van der Waals surface area contributed by atoms with Gasteiger partial charge in [0, 0.05) is 56.6 Å². The van der Waals surface area contributed by atoms with E-state index in [1.807, 2.05) is 17.0 Å². The first-order valence-electron chi connectivity index (χ1n) is 9.44. The Bertz CT molecular complexity index is 587. The van der Waals surface area contributed by atoms with Crippen molar-refractivity contribution in [1.82, 2.24) is 14.8 Å². The largest absolute Gasteiger partial charge is 0.378 e. The summed E-state index contributed by atoms with van der Waals surface area (Å²) in [4.78, 5) is 24.0. The first kappa shape index (κ1) is 18.1. The number of carbonyl (C=O) groups is 1. The Hall–Kier alpha value is -1.66. The first-order chi connectivity index (χ1) is 12.1. The molecule has 0 spiro atoms. The van der Waals surface area contributed by atoms with Crippen LogP contribution in [0, 0.1) is 0 Å². The van der Waals surface area contributed by atoms with Gasteiger partial charge in [-0.3, -0.25) is 9.69 Å². The molecule has 0 bridgehead atoms. The second-order valence-corrected chi connectivity index (χ2v) is 7.15. The van der Waals surface area contributed by atoms with Crippen molar-refractivity contribution in [3.63, 3.8) is 0 Å². The lowest BCUT2D eigenvalue weighted by atomic mass is 10.1. The van der Waals surface area contributed by atoms with Crippen LogP contribution in [-0.2, 0) is 4.74 Å². The normalized spacial score (nSPS) is 22.5. The third-order valence-electron chi connectivity index (χ3n) is 5.28. The number of carbonyl (C=O) groups excluding carboxylic acids is 1.